The van der Waals surface area contributed by atoms with Crippen LogP contribution in [0, 0.1) is 13.8 Å². The summed E-state index contributed by atoms with van der Waals surface area (Å²) in [6.45, 7) is 3.16. The lowest BCUT2D eigenvalue weighted by Crippen LogP contribution is -2.21. The van der Waals surface area contributed by atoms with Crippen molar-refractivity contribution in [2.75, 3.05) is 18.5 Å². The first-order chi connectivity index (χ1) is 12.3. The minimum Gasteiger partial charge on any atom is -0.484 e. The van der Waals surface area contributed by atoms with E-state index in [0.29, 0.717) is 11.4 Å². The van der Waals surface area contributed by atoms with Crippen molar-refractivity contribution >= 4 is 23.5 Å². The molecule has 0 aliphatic heterocycles. The van der Waals surface area contributed by atoms with Gasteiger partial charge in [0.2, 0.25) is 0 Å². The highest BCUT2D eigenvalue weighted by molar-refractivity contribution is 5.96. The summed E-state index contributed by atoms with van der Waals surface area (Å²) >= 11 is 0. The highest BCUT2D eigenvalue weighted by atomic mass is 16.5. The van der Waals surface area contributed by atoms with E-state index in [1.165, 1.54) is 24.3 Å². The average Bonchev–Trinajstić information content (AvgIpc) is 2.61. The van der Waals surface area contributed by atoms with E-state index in [1.54, 1.807) is 0 Å². The second-order valence-corrected chi connectivity index (χ2v) is 5.72. The monoisotopic (exact) mass is 356 g/mol. The summed E-state index contributed by atoms with van der Waals surface area (Å²) in [5.74, 6) is -1.26. The fourth-order valence-electron chi connectivity index (χ4n) is 2.11. The molecule has 2 amide bonds. The summed E-state index contributed by atoms with van der Waals surface area (Å²) in [6, 6.07) is 11.7. The number of ether oxygens (including phenoxy) is 2. The Bertz CT molecular complexity index is 815. The largest absolute Gasteiger partial charge is 0.484 e. The summed E-state index contributed by atoms with van der Waals surface area (Å²) < 4.78 is 10.1. The van der Waals surface area contributed by atoms with Crippen molar-refractivity contribution in [3.05, 3.63) is 59.2 Å². The number of hydrogen-bond acceptors (Lipinski definition) is 5. The number of primary amides is 1. The minimum absolute atomic E-state index is 0.248. The smallest absolute Gasteiger partial charge is 0.338 e. The van der Waals surface area contributed by atoms with Crippen LogP contribution in [0.2, 0.25) is 0 Å². The van der Waals surface area contributed by atoms with Gasteiger partial charge in [0.05, 0.1) is 5.56 Å². The quantitative estimate of drug-likeness (QED) is 0.738. The zero-order valence-electron chi connectivity index (χ0n) is 14.6. The molecule has 0 aliphatic rings. The molecule has 3 N–H and O–H groups in total. The number of hydrogen-bond donors (Lipinski definition) is 2. The average molecular weight is 356 g/mol. The van der Waals surface area contributed by atoms with Crippen LogP contribution < -0.4 is 15.8 Å². The Hall–Kier alpha value is -3.35. The van der Waals surface area contributed by atoms with E-state index in [0.717, 1.165) is 11.1 Å². The number of esters is 1. The molecule has 2 rings (SSSR count). The third-order valence-electron chi connectivity index (χ3n) is 3.47. The molecule has 0 radical (unpaired) electrons. The van der Waals surface area contributed by atoms with Crippen LogP contribution in [-0.2, 0) is 14.3 Å². The molecule has 7 nitrogen and oxygen atoms in total. The SMILES string of the molecule is Cc1ccc(C)c(NC(=O)COC(=O)c2ccc(OCC(N)=O)cc2)c1. The number of amides is 2. The fourth-order valence-corrected chi connectivity index (χ4v) is 2.11. The van der Waals surface area contributed by atoms with Crippen LogP contribution >= 0.6 is 0 Å². The maximum Gasteiger partial charge on any atom is 0.338 e. The van der Waals surface area contributed by atoms with Crippen molar-refractivity contribution in [2.45, 2.75) is 13.8 Å². The first-order valence-electron chi connectivity index (χ1n) is 7.90. The second kappa shape index (κ2) is 8.66. The first kappa shape index (κ1) is 19.0. The predicted molar refractivity (Wildman–Crippen MR) is 96.0 cm³/mol. The number of rotatable bonds is 7. The molecule has 0 spiro atoms. The molecule has 0 aliphatic carbocycles. The number of carbonyl (C=O) groups excluding carboxylic acids is 3. The van der Waals surface area contributed by atoms with Gasteiger partial charge in [0.25, 0.3) is 11.8 Å². The molecule has 0 aromatic heterocycles. The molecule has 7 heteroatoms. The van der Waals surface area contributed by atoms with Crippen LogP contribution in [0.3, 0.4) is 0 Å². The normalized spacial score (nSPS) is 10.1. The van der Waals surface area contributed by atoms with Gasteiger partial charge in [-0.3, -0.25) is 9.59 Å². The van der Waals surface area contributed by atoms with Crippen LogP contribution in [0.15, 0.2) is 42.5 Å². The topological polar surface area (TPSA) is 108 Å². The van der Waals surface area contributed by atoms with Crippen molar-refractivity contribution in [1.82, 2.24) is 0 Å². The third kappa shape index (κ3) is 5.62. The Morgan fingerprint density at radius 2 is 1.69 bits per heavy atom. The molecular weight excluding hydrogens is 336 g/mol. The van der Waals surface area contributed by atoms with Gasteiger partial charge in [0.15, 0.2) is 13.2 Å². The van der Waals surface area contributed by atoms with Crippen LogP contribution in [0.25, 0.3) is 0 Å². The summed E-state index contributed by atoms with van der Waals surface area (Å²) in [4.78, 5) is 34.6. The second-order valence-electron chi connectivity index (χ2n) is 5.72. The van der Waals surface area contributed by atoms with Gasteiger partial charge >= 0.3 is 5.97 Å². The molecular formula is C19H20N2O5. The van der Waals surface area contributed by atoms with Gasteiger partial charge in [-0.1, -0.05) is 12.1 Å². The standard InChI is InChI=1S/C19H20N2O5/c1-12-3-4-13(2)16(9-12)21-18(23)11-26-19(24)14-5-7-15(8-6-14)25-10-17(20)22/h3-9H,10-11H2,1-2H3,(H2,20,22)(H,21,23). The number of anilines is 1. The van der Waals surface area contributed by atoms with E-state index in [1.807, 2.05) is 32.0 Å². The number of nitrogens with one attached hydrogen (secondary N) is 1. The molecule has 0 atom stereocenters. The highest BCUT2D eigenvalue weighted by Crippen LogP contribution is 2.16. The van der Waals surface area contributed by atoms with Gasteiger partial charge in [-0.15, -0.1) is 0 Å². The number of aryl methyl sites for hydroxylation is 2. The Balaban J connectivity index is 1.86. The fraction of sp³-hybridized carbons (Fsp3) is 0.211. The molecule has 136 valence electrons. The summed E-state index contributed by atoms with van der Waals surface area (Å²) in [5, 5.41) is 2.71. The van der Waals surface area contributed by atoms with Crippen LogP contribution in [0.4, 0.5) is 5.69 Å². The Morgan fingerprint density at radius 1 is 1.00 bits per heavy atom. The van der Waals surface area contributed by atoms with E-state index >= 15 is 0 Å². The molecule has 2 aromatic carbocycles. The third-order valence-corrected chi connectivity index (χ3v) is 3.47. The van der Waals surface area contributed by atoms with Gasteiger partial charge in [0, 0.05) is 5.69 Å². The molecule has 26 heavy (non-hydrogen) atoms. The van der Waals surface area contributed by atoms with Crippen molar-refractivity contribution in [3.8, 4) is 5.75 Å². The van der Waals surface area contributed by atoms with E-state index < -0.39 is 24.4 Å². The summed E-state index contributed by atoms with van der Waals surface area (Å²) in [5.41, 5.74) is 7.86. The van der Waals surface area contributed by atoms with Gasteiger partial charge in [0.1, 0.15) is 5.75 Å². The lowest BCUT2D eigenvalue weighted by Gasteiger charge is -2.10. The zero-order chi connectivity index (χ0) is 19.1. The van der Waals surface area contributed by atoms with E-state index in [4.69, 9.17) is 15.2 Å². The number of carbonyl (C=O) groups is 3. The van der Waals surface area contributed by atoms with Gasteiger partial charge in [-0.2, -0.15) is 0 Å². The Labute approximate surface area is 151 Å². The van der Waals surface area contributed by atoms with Crippen molar-refractivity contribution in [2.24, 2.45) is 5.73 Å². The molecule has 0 fully saturated rings. The highest BCUT2D eigenvalue weighted by Gasteiger charge is 2.11. The number of benzene rings is 2. The van der Waals surface area contributed by atoms with Gasteiger partial charge < -0.3 is 20.5 Å². The first-order valence-corrected chi connectivity index (χ1v) is 7.90. The van der Waals surface area contributed by atoms with E-state index in [9.17, 15) is 14.4 Å². The van der Waals surface area contributed by atoms with Gasteiger partial charge in [-0.05, 0) is 55.3 Å². The molecule has 0 saturated heterocycles. The maximum absolute atomic E-state index is 12.0. The Kier molecular flexibility index (Phi) is 6.32. The Morgan fingerprint density at radius 3 is 2.35 bits per heavy atom. The lowest BCUT2D eigenvalue weighted by molar-refractivity contribution is -0.120. The lowest BCUT2D eigenvalue weighted by atomic mass is 10.1. The van der Waals surface area contributed by atoms with Crippen molar-refractivity contribution in [1.29, 1.82) is 0 Å². The molecule has 0 heterocycles. The minimum atomic E-state index is -0.637. The maximum atomic E-state index is 12.0. The zero-order valence-corrected chi connectivity index (χ0v) is 14.6. The van der Waals surface area contributed by atoms with Crippen molar-refractivity contribution in [3.63, 3.8) is 0 Å². The molecule has 0 bridgehead atoms. The van der Waals surface area contributed by atoms with Crippen LogP contribution in [0.1, 0.15) is 21.5 Å². The molecule has 0 saturated carbocycles. The van der Waals surface area contributed by atoms with Crippen molar-refractivity contribution < 1.29 is 23.9 Å². The van der Waals surface area contributed by atoms with E-state index in [-0.39, 0.29) is 12.2 Å². The predicted octanol–water partition coefficient (Wildman–Crippen LogP) is 1.96. The van der Waals surface area contributed by atoms with Gasteiger partial charge in [-0.25, -0.2) is 4.79 Å². The summed E-state index contributed by atoms with van der Waals surface area (Å²) in [7, 11) is 0. The number of nitrogens with two attached hydrogens (primary N) is 1. The summed E-state index contributed by atoms with van der Waals surface area (Å²) in [6.07, 6.45) is 0. The molecule has 0 unspecified atom stereocenters. The molecule has 2 aromatic rings. The van der Waals surface area contributed by atoms with Crippen LogP contribution in [-0.4, -0.2) is 31.0 Å². The van der Waals surface area contributed by atoms with Crippen LogP contribution in [0.5, 0.6) is 5.75 Å². The van der Waals surface area contributed by atoms with E-state index in [2.05, 4.69) is 5.32 Å².